The number of carbonyl (C=O) groups excluding carboxylic acids is 2. The van der Waals surface area contributed by atoms with Crippen LogP contribution in [0.3, 0.4) is 0 Å². The van der Waals surface area contributed by atoms with Crippen LogP contribution < -0.4 is 14.5 Å². The normalized spacial score (nSPS) is 17.2. The average molecular weight is 613 g/mol. The van der Waals surface area contributed by atoms with Gasteiger partial charge in [0.2, 0.25) is 11.9 Å². The van der Waals surface area contributed by atoms with Crippen LogP contribution >= 0.6 is 0 Å². The van der Waals surface area contributed by atoms with Crippen molar-refractivity contribution < 1.29 is 14.3 Å². The van der Waals surface area contributed by atoms with Crippen LogP contribution in [0.5, 0.6) is 5.75 Å². The molecular formula is C36H48N6O3. The maximum atomic E-state index is 14.1. The predicted molar refractivity (Wildman–Crippen MR) is 179 cm³/mol. The molecule has 9 heteroatoms. The van der Waals surface area contributed by atoms with E-state index in [1.165, 1.54) is 0 Å². The molecular weight excluding hydrogens is 564 g/mol. The maximum Gasteiger partial charge on any atom is 0.257 e. The standard InChI is InChI=1S/C36H48N6O3/c1-26(2)39-16-7-17-42(33(43)22-29-10-12-32(45-5)13-11-29)34-28(4)8-6-9-30(34)25-41(21-20-39)35(44)31-23-37-36(38-24-31)40-18-14-27(3)15-19-40/h6,8-13,23-24,26-27H,7,14-22,25H2,1-5H3. The zero-order chi connectivity index (χ0) is 31.9. The molecule has 3 heterocycles. The second-order valence-corrected chi connectivity index (χ2v) is 12.8. The van der Waals surface area contributed by atoms with Gasteiger partial charge in [0, 0.05) is 64.2 Å². The Bertz CT molecular complexity index is 1430. The van der Waals surface area contributed by atoms with Gasteiger partial charge < -0.3 is 19.4 Å². The second-order valence-electron chi connectivity index (χ2n) is 12.8. The number of aromatic nitrogens is 2. The van der Waals surface area contributed by atoms with Crippen LogP contribution in [0.4, 0.5) is 11.6 Å². The molecule has 0 atom stereocenters. The lowest BCUT2D eigenvalue weighted by Crippen LogP contribution is -2.41. The molecule has 1 saturated heterocycles. The number of para-hydroxylation sites is 1. The number of nitrogens with zero attached hydrogens (tertiary/aromatic N) is 6. The first-order valence-electron chi connectivity index (χ1n) is 16.4. The van der Waals surface area contributed by atoms with Crippen molar-refractivity contribution in [2.24, 2.45) is 5.92 Å². The number of carbonyl (C=O) groups is 2. The Kier molecular flexibility index (Phi) is 10.7. The van der Waals surface area contributed by atoms with Crippen molar-refractivity contribution >= 4 is 23.5 Å². The van der Waals surface area contributed by atoms with Gasteiger partial charge in [-0.1, -0.05) is 37.3 Å². The average Bonchev–Trinajstić information content (AvgIpc) is 3.08. The number of aryl methyl sites for hydroxylation is 1. The Morgan fingerprint density at radius 3 is 2.31 bits per heavy atom. The van der Waals surface area contributed by atoms with E-state index in [9.17, 15) is 9.59 Å². The summed E-state index contributed by atoms with van der Waals surface area (Å²) in [6, 6.07) is 14.1. The van der Waals surface area contributed by atoms with Crippen molar-refractivity contribution in [1.82, 2.24) is 19.8 Å². The third-order valence-corrected chi connectivity index (χ3v) is 9.22. The van der Waals surface area contributed by atoms with Crippen LogP contribution in [-0.2, 0) is 17.8 Å². The SMILES string of the molecule is COc1ccc(CC(=O)N2CCCN(C(C)C)CCN(C(=O)c3cnc(N4CCC(C)CC4)nc3)Cc3cccc(C)c32)cc1. The monoisotopic (exact) mass is 612 g/mol. The molecule has 0 radical (unpaired) electrons. The molecule has 1 fully saturated rings. The molecule has 2 aromatic carbocycles. The summed E-state index contributed by atoms with van der Waals surface area (Å²) in [7, 11) is 1.64. The summed E-state index contributed by atoms with van der Waals surface area (Å²) in [5.41, 5.74) is 4.30. The quantitative estimate of drug-likeness (QED) is 0.371. The van der Waals surface area contributed by atoms with Crippen LogP contribution in [0.15, 0.2) is 54.9 Å². The Balaban J connectivity index is 1.43. The molecule has 0 unspecified atom stereocenters. The van der Waals surface area contributed by atoms with Gasteiger partial charge in [0.25, 0.3) is 5.91 Å². The van der Waals surface area contributed by atoms with E-state index in [0.717, 1.165) is 79.5 Å². The third kappa shape index (κ3) is 8.00. The van der Waals surface area contributed by atoms with E-state index < -0.39 is 0 Å². The number of anilines is 2. The van der Waals surface area contributed by atoms with Crippen molar-refractivity contribution in [2.45, 2.75) is 66.0 Å². The van der Waals surface area contributed by atoms with E-state index in [2.05, 4.69) is 40.5 Å². The lowest BCUT2D eigenvalue weighted by molar-refractivity contribution is -0.118. The molecule has 5 rings (SSSR count). The molecule has 3 aromatic rings. The zero-order valence-electron chi connectivity index (χ0n) is 27.5. The molecule has 2 amide bonds. The fourth-order valence-electron chi connectivity index (χ4n) is 6.36. The molecule has 0 aliphatic carbocycles. The molecule has 45 heavy (non-hydrogen) atoms. The molecule has 240 valence electrons. The molecule has 2 aliphatic rings. The van der Waals surface area contributed by atoms with Crippen molar-refractivity contribution in [2.75, 3.05) is 56.2 Å². The molecule has 9 nitrogen and oxygen atoms in total. The van der Waals surface area contributed by atoms with Crippen molar-refractivity contribution in [1.29, 1.82) is 0 Å². The molecule has 0 N–H and O–H groups in total. The second kappa shape index (κ2) is 14.9. The minimum Gasteiger partial charge on any atom is -0.497 e. The van der Waals surface area contributed by atoms with Crippen molar-refractivity contribution in [3.8, 4) is 5.75 Å². The van der Waals surface area contributed by atoms with Crippen LogP contribution in [0.25, 0.3) is 0 Å². The number of hydrogen-bond donors (Lipinski definition) is 0. The Morgan fingerprint density at radius 2 is 1.64 bits per heavy atom. The molecule has 0 bridgehead atoms. The number of rotatable bonds is 6. The van der Waals surface area contributed by atoms with Gasteiger partial charge in [0.1, 0.15) is 5.75 Å². The van der Waals surface area contributed by atoms with Gasteiger partial charge >= 0.3 is 0 Å². The van der Waals surface area contributed by atoms with Gasteiger partial charge in [-0.15, -0.1) is 0 Å². The Hall–Kier alpha value is -3.98. The Morgan fingerprint density at radius 1 is 0.933 bits per heavy atom. The van der Waals surface area contributed by atoms with E-state index >= 15 is 0 Å². The lowest BCUT2D eigenvalue weighted by Gasteiger charge is -2.31. The first-order chi connectivity index (χ1) is 21.7. The number of fused-ring (bicyclic) bond motifs is 1. The van der Waals surface area contributed by atoms with Crippen molar-refractivity contribution in [3.63, 3.8) is 0 Å². The number of piperidine rings is 1. The number of hydrogen-bond acceptors (Lipinski definition) is 7. The smallest absolute Gasteiger partial charge is 0.257 e. The Labute approximate surface area is 268 Å². The van der Waals surface area contributed by atoms with Crippen LogP contribution in [0.2, 0.25) is 0 Å². The largest absolute Gasteiger partial charge is 0.497 e. The van der Waals surface area contributed by atoms with E-state index in [0.29, 0.717) is 37.2 Å². The zero-order valence-corrected chi connectivity index (χ0v) is 27.5. The first kappa shape index (κ1) is 32.4. The van der Waals surface area contributed by atoms with E-state index in [1.54, 1.807) is 19.5 Å². The first-order valence-corrected chi connectivity index (χ1v) is 16.4. The topological polar surface area (TPSA) is 82.1 Å². The maximum absolute atomic E-state index is 14.1. The number of amides is 2. The minimum absolute atomic E-state index is 0.0417. The van der Waals surface area contributed by atoms with Gasteiger partial charge in [-0.05, 0) is 74.8 Å². The number of ether oxygens (including phenoxy) is 1. The summed E-state index contributed by atoms with van der Waals surface area (Å²) < 4.78 is 5.31. The van der Waals surface area contributed by atoms with E-state index in [1.807, 2.05) is 59.2 Å². The summed E-state index contributed by atoms with van der Waals surface area (Å²) in [5, 5.41) is 0. The fourth-order valence-corrected chi connectivity index (χ4v) is 6.36. The molecule has 0 spiro atoms. The van der Waals surface area contributed by atoms with Gasteiger partial charge in [-0.3, -0.25) is 14.5 Å². The molecule has 2 aliphatic heterocycles. The van der Waals surface area contributed by atoms with E-state index in [4.69, 9.17) is 4.74 Å². The highest BCUT2D eigenvalue weighted by Gasteiger charge is 2.27. The summed E-state index contributed by atoms with van der Waals surface area (Å²) in [6.45, 7) is 13.7. The minimum atomic E-state index is -0.0969. The number of methoxy groups -OCH3 is 1. The summed E-state index contributed by atoms with van der Waals surface area (Å²) >= 11 is 0. The van der Waals surface area contributed by atoms with Gasteiger partial charge in [-0.25, -0.2) is 9.97 Å². The highest BCUT2D eigenvalue weighted by molar-refractivity contribution is 5.97. The van der Waals surface area contributed by atoms with Gasteiger partial charge in [0.05, 0.1) is 24.8 Å². The fraction of sp³-hybridized carbons (Fsp3) is 0.500. The van der Waals surface area contributed by atoms with Gasteiger partial charge in [0.15, 0.2) is 0 Å². The third-order valence-electron chi connectivity index (χ3n) is 9.22. The highest BCUT2D eigenvalue weighted by Crippen LogP contribution is 2.29. The summed E-state index contributed by atoms with van der Waals surface area (Å²) in [4.78, 5) is 45.8. The highest BCUT2D eigenvalue weighted by atomic mass is 16.5. The van der Waals surface area contributed by atoms with E-state index in [-0.39, 0.29) is 18.2 Å². The van der Waals surface area contributed by atoms with Crippen LogP contribution in [-0.4, -0.2) is 84.0 Å². The lowest BCUT2D eigenvalue weighted by atomic mass is 10.00. The van der Waals surface area contributed by atoms with Crippen LogP contribution in [0.1, 0.15) is 67.1 Å². The summed E-state index contributed by atoms with van der Waals surface area (Å²) in [6.07, 6.45) is 6.73. The number of benzene rings is 2. The molecule has 0 saturated carbocycles. The molecule has 1 aromatic heterocycles. The van der Waals surface area contributed by atoms with Crippen molar-refractivity contribution in [3.05, 3.63) is 77.1 Å². The predicted octanol–water partition coefficient (Wildman–Crippen LogP) is 5.36. The van der Waals surface area contributed by atoms with Crippen LogP contribution in [0, 0.1) is 12.8 Å². The van der Waals surface area contributed by atoms with Gasteiger partial charge in [-0.2, -0.15) is 0 Å². The summed E-state index contributed by atoms with van der Waals surface area (Å²) in [5.74, 6) is 2.12.